The molecule has 0 bridgehead atoms. The molecule has 1 heterocycles. The SMILES string of the molecule is C.C.O.O=S1(=O)c2ccccc2-c2ccccc21.O=[S-](=O)[O-].[HH].[Na+].[Na+].c1ccc(-c2ccccc2)cc1. The van der Waals surface area contributed by atoms with Gasteiger partial charge in [0.15, 0.2) is 0 Å². The smallest absolute Gasteiger partial charge is 0.917 e. The zero-order chi connectivity index (χ0) is 22.3. The van der Waals surface area contributed by atoms with Gasteiger partial charge in [-0.2, -0.15) is 11.0 Å². The van der Waals surface area contributed by atoms with Crippen molar-refractivity contribution in [3.8, 4) is 22.3 Å². The molecular formula is C26H30Na2O6S2. The van der Waals surface area contributed by atoms with Crippen LogP contribution in [0.4, 0.5) is 0 Å². The van der Waals surface area contributed by atoms with Gasteiger partial charge < -0.3 is 18.4 Å². The predicted molar refractivity (Wildman–Crippen MR) is 138 cm³/mol. The van der Waals surface area contributed by atoms with Crippen molar-refractivity contribution in [2.75, 3.05) is 0 Å². The van der Waals surface area contributed by atoms with E-state index in [1.54, 1.807) is 24.3 Å². The van der Waals surface area contributed by atoms with Gasteiger partial charge >= 0.3 is 59.1 Å². The summed E-state index contributed by atoms with van der Waals surface area (Å²) in [6, 6.07) is 35.0. The van der Waals surface area contributed by atoms with Crippen LogP contribution < -0.4 is 59.1 Å². The number of hydrogen-bond acceptors (Lipinski definition) is 6. The summed E-state index contributed by atoms with van der Waals surface area (Å²) in [7, 11) is -6.38. The zero-order valence-corrected chi connectivity index (χ0v) is 24.4. The van der Waals surface area contributed by atoms with Gasteiger partial charge in [0.1, 0.15) is 0 Å². The Balaban J connectivity index is -0.000000228. The molecule has 2 N–H and O–H groups in total. The maximum Gasteiger partial charge on any atom is 1.00 e. The van der Waals surface area contributed by atoms with Crippen LogP contribution in [-0.2, 0) is 29.2 Å². The summed E-state index contributed by atoms with van der Waals surface area (Å²) in [5.41, 5.74) is 4.18. The van der Waals surface area contributed by atoms with Crippen molar-refractivity contribution >= 4 is 20.8 Å². The molecule has 4 aromatic rings. The molecule has 0 radical (unpaired) electrons. The largest absolute Gasteiger partial charge is 1.00 e. The predicted octanol–water partition coefficient (Wildman–Crippen LogP) is -0.0190. The van der Waals surface area contributed by atoms with Gasteiger partial charge in [0.2, 0.25) is 9.84 Å². The zero-order valence-electron chi connectivity index (χ0n) is 18.8. The number of benzene rings is 4. The van der Waals surface area contributed by atoms with Crippen LogP contribution in [0.1, 0.15) is 16.3 Å². The van der Waals surface area contributed by atoms with Crippen molar-refractivity contribution < 1.29 is 87.4 Å². The maximum absolute atomic E-state index is 12.1. The van der Waals surface area contributed by atoms with E-state index < -0.39 is 20.8 Å². The molecule has 5 rings (SSSR count). The monoisotopic (exact) mass is 548 g/mol. The number of fused-ring (bicyclic) bond motifs is 3. The molecule has 0 saturated heterocycles. The van der Waals surface area contributed by atoms with E-state index in [9.17, 15) is 8.42 Å². The Labute approximate surface area is 261 Å². The number of rotatable bonds is 1. The molecule has 0 amide bonds. The second-order valence-corrected chi connectivity index (χ2v) is 8.73. The fraction of sp³-hybridized carbons (Fsp3) is 0.0769. The molecular weight excluding hydrogens is 518 g/mol. The van der Waals surface area contributed by atoms with Gasteiger partial charge in [-0.05, 0) is 23.3 Å². The Kier molecular flexibility index (Phi) is 20.6. The van der Waals surface area contributed by atoms with Gasteiger partial charge in [0, 0.05) is 12.6 Å². The van der Waals surface area contributed by atoms with Crippen LogP contribution in [0, 0.1) is 0 Å². The van der Waals surface area contributed by atoms with Crippen LogP contribution in [0.2, 0.25) is 0 Å². The Hall–Kier alpha value is -1.30. The van der Waals surface area contributed by atoms with Crippen molar-refractivity contribution in [1.29, 1.82) is 0 Å². The normalized spacial score (nSPS) is 10.7. The van der Waals surface area contributed by atoms with Gasteiger partial charge in [-0.15, -0.1) is 0 Å². The van der Waals surface area contributed by atoms with Crippen LogP contribution in [0.5, 0.6) is 0 Å². The van der Waals surface area contributed by atoms with Gasteiger partial charge in [-0.1, -0.05) is 112 Å². The first kappa shape index (κ1) is 39.2. The minimum absolute atomic E-state index is 0. The van der Waals surface area contributed by atoms with Gasteiger partial charge in [0.25, 0.3) is 0 Å². The van der Waals surface area contributed by atoms with Crippen LogP contribution in [0.15, 0.2) is 119 Å². The first-order valence-electron chi connectivity index (χ1n) is 9.22. The summed E-state index contributed by atoms with van der Waals surface area (Å²) in [5, 5.41) is 0. The van der Waals surface area contributed by atoms with Crippen molar-refractivity contribution in [1.82, 2.24) is 0 Å². The average molecular weight is 549 g/mol. The van der Waals surface area contributed by atoms with E-state index in [1.807, 2.05) is 36.4 Å². The first-order chi connectivity index (χ1) is 14.9. The molecule has 36 heavy (non-hydrogen) atoms. The van der Waals surface area contributed by atoms with Gasteiger partial charge in [-0.3, -0.25) is 0 Å². The van der Waals surface area contributed by atoms with Crippen molar-refractivity contribution in [2.24, 2.45) is 0 Å². The summed E-state index contributed by atoms with van der Waals surface area (Å²) in [6.45, 7) is 0. The van der Waals surface area contributed by atoms with Crippen molar-refractivity contribution in [3.63, 3.8) is 0 Å². The average Bonchev–Trinajstić information content (AvgIpc) is 3.03. The molecule has 0 atom stereocenters. The second kappa shape index (κ2) is 18.9. The molecule has 1 aliphatic rings. The fourth-order valence-electron chi connectivity index (χ4n) is 3.23. The summed E-state index contributed by atoms with van der Waals surface area (Å²) in [6.07, 6.45) is 0. The van der Waals surface area contributed by atoms with Crippen molar-refractivity contribution in [3.05, 3.63) is 109 Å². The summed E-state index contributed by atoms with van der Waals surface area (Å²) >= 11 is 0. The van der Waals surface area contributed by atoms with E-state index in [0.717, 1.165) is 11.1 Å². The molecule has 184 valence electrons. The van der Waals surface area contributed by atoms with Crippen LogP contribution >= 0.6 is 0 Å². The summed E-state index contributed by atoms with van der Waals surface area (Å²) in [5.74, 6) is 0. The molecule has 6 nitrogen and oxygen atoms in total. The molecule has 0 spiro atoms. The summed E-state index contributed by atoms with van der Waals surface area (Å²) < 4.78 is 49.5. The van der Waals surface area contributed by atoms with Crippen molar-refractivity contribution in [2.45, 2.75) is 24.6 Å². The molecule has 4 aromatic carbocycles. The van der Waals surface area contributed by atoms with E-state index in [4.69, 9.17) is 13.0 Å². The van der Waals surface area contributed by atoms with E-state index in [-0.39, 0.29) is 80.9 Å². The molecule has 0 aliphatic carbocycles. The van der Waals surface area contributed by atoms with E-state index in [1.165, 1.54) is 11.1 Å². The third-order valence-electron chi connectivity index (χ3n) is 4.52. The van der Waals surface area contributed by atoms with Crippen LogP contribution in [0.3, 0.4) is 0 Å². The third-order valence-corrected chi connectivity index (χ3v) is 6.39. The number of sulfone groups is 1. The Morgan fingerprint density at radius 1 is 0.556 bits per heavy atom. The molecule has 10 heteroatoms. The minimum Gasteiger partial charge on any atom is -0.917 e. The van der Waals surface area contributed by atoms with Gasteiger partial charge in [0.05, 0.1) is 9.79 Å². The first-order valence-corrected chi connectivity index (χ1v) is 11.7. The molecule has 0 unspecified atom stereocenters. The minimum atomic E-state index is -3.26. The Morgan fingerprint density at radius 3 is 1.11 bits per heavy atom. The topological polar surface area (TPSA) is 123 Å². The van der Waals surface area contributed by atoms with Gasteiger partial charge in [-0.25, -0.2) is 8.42 Å². The fourth-order valence-corrected chi connectivity index (χ4v) is 4.91. The molecule has 0 saturated carbocycles. The third kappa shape index (κ3) is 10.2. The molecule has 0 aromatic heterocycles. The van der Waals surface area contributed by atoms with E-state index in [2.05, 4.69) is 48.5 Å². The second-order valence-electron chi connectivity index (χ2n) is 6.43. The maximum atomic E-state index is 12.1. The standard InChI is InChI=1S/C12H8O2S.C12H10.2CH4.2Na.O3S.H2O.H2/c13-15(14)11-7-3-1-5-9(11)10-6-2-4-8-12(10)15;1-3-7-11(8-4-1)12-9-5-2-6-10-12;;;;;1-4(2)3;;/h1-8H;1-10H;2*1H4;;;;1H2;1H/q;;;;2*+1;-2;;. The molecule has 0 fully saturated rings. The summed E-state index contributed by atoms with van der Waals surface area (Å²) in [4.78, 5) is 0.845. The number of hydrogen-bond donors (Lipinski definition) is 0. The Bertz CT molecular complexity index is 1250. The van der Waals surface area contributed by atoms with Crippen LogP contribution in [0.25, 0.3) is 22.3 Å². The quantitative estimate of drug-likeness (QED) is 0.126. The van der Waals surface area contributed by atoms with Crippen LogP contribution in [-0.4, -0.2) is 18.4 Å². The van der Waals surface area contributed by atoms with E-state index in [0.29, 0.717) is 9.79 Å². The van der Waals surface area contributed by atoms with E-state index >= 15 is 0 Å². The molecule has 1 aliphatic heterocycles. The Morgan fingerprint density at radius 2 is 0.806 bits per heavy atom.